The second kappa shape index (κ2) is 8.10. The molecule has 1 aromatic heterocycles. The van der Waals surface area contributed by atoms with Crippen LogP contribution in [-0.4, -0.2) is 36.1 Å². The van der Waals surface area contributed by atoms with Gasteiger partial charge in [0.1, 0.15) is 16.7 Å². The van der Waals surface area contributed by atoms with Crippen LogP contribution < -0.4 is 5.32 Å². The van der Waals surface area contributed by atoms with Gasteiger partial charge in [-0.15, -0.1) is 0 Å². The average molecular weight is 398 g/mol. The minimum Gasteiger partial charge on any atom is -0.508 e. The fraction of sp³-hybridized carbons (Fsp3) is 0.100. The van der Waals surface area contributed by atoms with Crippen molar-refractivity contribution < 1.29 is 23.4 Å². The number of amides is 1. The van der Waals surface area contributed by atoms with E-state index in [1.807, 2.05) is 0 Å². The molecule has 28 heavy (non-hydrogen) atoms. The first-order valence-electron chi connectivity index (χ1n) is 8.38. The van der Waals surface area contributed by atoms with E-state index in [0.29, 0.717) is 5.56 Å². The summed E-state index contributed by atoms with van der Waals surface area (Å²) in [6.07, 6.45) is 2.97. The zero-order valence-electron chi connectivity index (χ0n) is 14.7. The van der Waals surface area contributed by atoms with E-state index in [-0.39, 0.29) is 28.5 Å². The van der Waals surface area contributed by atoms with Gasteiger partial charge in [0.2, 0.25) is 0 Å². The fourth-order valence-corrected chi connectivity index (χ4v) is 4.43. The van der Waals surface area contributed by atoms with Crippen molar-refractivity contribution in [3.8, 4) is 11.5 Å². The number of pyridine rings is 1. The molecule has 1 heterocycles. The van der Waals surface area contributed by atoms with Crippen molar-refractivity contribution in [1.82, 2.24) is 10.3 Å². The van der Waals surface area contributed by atoms with Gasteiger partial charge in [-0.05, 0) is 35.9 Å². The lowest BCUT2D eigenvalue weighted by molar-refractivity contribution is 0.0953. The van der Waals surface area contributed by atoms with Gasteiger partial charge in [0.15, 0.2) is 9.84 Å². The Morgan fingerprint density at radius 1 is 1.00 bits per heavy atom. The molecule has 3 N–H and O–H groups in total. The summed E-state index contributed by atoms with van der Waals surface area (Å²) in [5.41, 5.74) is 0.449. The summed E-state index contributed by atoms with van der Waals surface area (Å²) < 4.78 is 26.3. The van der Waals surface area contributed by atoms with Crippen molar-refractivity contribution in [2.24, 2.45) is 0 Å². The first-order chi connectivity index (χ1) is 13.4. The van der Waals surface area contributed by atoms with E-state index in [9.17, 15) is 23.4 Å². The lowest BCUT2D eigenvalue weighted by Gasteiger charge is -2.19. The number of rotatable bonds is 6. The molecule has 0 aliphatic heterocycles. The number of nitrogens with one attached hydrogen (secondary N) is 1. The molecular formula is C20H18N2O5S. The Morgan fingerprint density at radius 3 is 2.29 bits per heavy atom. The zero-order valence-corrected chi connectivity index (χ0v) is 15.5. The first-order valence-corrected chi connectivity index (χ1v) is 9.92. The van der Waals surface area contributed by atoms with Gasteiger partial charge in [0.05, 0.1) is 4.90 Å². The topological polar surface area (TPSA) is 117 Å². The number of aromatic hydroxyl groups is 2. The van der Waals surface area contributed by atoms with E-state index in [2.05, 4.69) is 10.3 Å². The average Bonchev–Trinajstić information content (AvgIpc) is 2.68. The van der Waals surface area contributed by atoms with Crippen LogP contribution in [0.1, 0.15) is 21.2 Å². The molecule has 1 unspecified atom stereocenters. The minimum atomic E-state index is -3.80. The summed E-state index contributed by atoms with van der Waals surface area (Å²) in [7, 11) is -3.80. The Morgan fingerprint density at radius 2 is 1.68 bits per heavy atom. The number of carbonyl (C=O) groups excluding carboxylic acids is 1. The molecule has 3 aromatic rings. The number of phenols is 2. The zero-order chi connectivity index (χ0) is 20.1. The van der Waals surface area contributed by atoms with E-state index < -0.39 is 21.0 Å². The summed E-state index contributed by atoms with van der Waals surface area (Å²) in [5, 5.41) is 20.6. The molecule has 1 atom stereocenters. The first kappa shape index (κ1) is 19.4. The molecular weight excluding hydrogens is 380 g/mol. The number of carbonyl (C=O) groups is 1. The molecule has 0 fully saturated rings. The Bertz CT molecular complexity index is 1050. The van der Waals surface area contributed by atoms with Crippen molar-refractivity contribution in [2.75, 3.05) is 6.54 Å². The monoisotopic (exact) mass is 398 g/mol. The molecule has 0 saturated carbocycles. The van der Waals surface area contributed by atoms with Crippen LogP contribution in [0.4, 0.5) is 0 Å². The van der Waals surface area contributed by atoms with Crippen LogP contribution in [-0.2, 0) is 9.84 Å². The Kier molecular flexibility index (Phi) is 5.60. The standard InChI is InChI=1S/C20H18N2O5S/c23-16-9-15(10-17(24)11-16)20(25)22-13-19(14-5-4-8-21-12-14)28(26,27)18-6-2-1-3-7-18/h1-12,19,23-24H,13H2,(H,22,25). The van der Waals surface area contributed by atoms with Crippen molar-refractivity contribution >= 4 is 15.7 Å². The fourth-order valence-electron chi connectivity index (χ4n) is 2.76. The maximum atomic E-state index is 13.1. The minimum absolute atomic E-state index is 0.0135. The van der Waals surface area contributed by atoms with E-state index in [4.69, 9.17) is 0 Å². The van der Waals surface area contributed by atoms with Gasteiger partial charge in [-0.1, -0.05) is 24.3 Å². The van der Waals surface area contributed by atoms with Crippen LogP contribution in [0.5, 0.6) is 11.5 Å². The van der Waals surface area contributed by atoms with Crippen molar-refractivity contribution in [1.29, 1.82) is 0 Å². The predicted octanol–water partition coefficient (Wildman–Crippen LogP) is 2.44. The van der Waals surface area contributed by atoms with Crippen LogP contribution in [0.15, 0.2) is 78.0 Å². The normalized spacial score (nSPS) is 12.3. The number of sulfone groups is 1. The van der Waals surface area contributed by atoms with Gasteiger partial charge in [-0.2, -0.15) is 0 Å². The molecule has 3 rings (SSSR count). The van der Waals surface area contributed by atoms with Gasteiger partial charge in [-0.25, -0.2) is 8.42 Å². The van der Waals surface area contributed by atoms with Gasteiger partial charge >= 0.3 is 0 Å². The highest BCUT2D eigenvalue weighted by Gasteiger charge is 2.30. The molecule has 2 aromatic carbocycles. The molecule has 0 spiro atoms. The van der Waals surface area contributed by atoms with Crippen LogP contribution in [0.2, 0.25) is 0 Å². The van der Waals surface area contributed by atoms with E-state index in [1.165, 1.54) is 36.7 Å². The summed E-state index contributed by atoms with van der Waals surface area (Å²) in [5.74, 6) is -1.17. The van der Waals surface area contributed by atoms with E-state index >= 15 is 0 Å². The largest absolute Gasteiger partial charge is 0.508 e. The molecule has 0 saturated heterocycles. The van der Waals surface area contributed by atoms with Gasteiger partial charge in [0, 0.05) is 30.6 Å². The Balaban J connectivity index is 1.89. The highest BCUT2D eigenvalue weighted by atomic mass is 32.2. The summed E-state index contributed by atoms with van der Waals surface area (Å²) >= 11 is 0. The van der Waals surface area contributed by atoms with Crippen LogP contribution in [0, 0.1) is 0 Å². The van der Waals surface area contributed by atoms with Crippen LogP contribution >= 0.6 is 0 Å². The maximum Gasteiger partial charge on any atom is 0.251 e. The Labute approximate surface area is 162 Å². The summed E-state index contributed by atoms with van der Waals surface area (Å²) in [4.78, 5) is 16.5. The highest BCUT2D eigenvalue weighted by molar-refractivity contribution is 7.91. The third-order valence-corrected chi connectivity index (χ3v) is 6.23. The molecule has 0 aliphatic rings. The lowest BCUT2D eigenvalue weighted by atomic mass is 10.1. The molecule has 1 amide bonds. The van der Waals surface area contributed by atoms with Crippen LogP contribution in [0.25, 0.3) is 0 Å². The maximum absolute atomic E-state index is 13.1. The van der Waals surface area contributed by atoms with Crippen molar-refractivity contribution in [2.45, 2.75) is 10.1 Å². The molecule has 8 heteroatoms. The third-order valence-electron chi connectivity index (χ3n) is 4.12. The molecule has 0 bridgehead atoms. The number of aromatic nitrogens is 1. The smallest absolute Gasteiger partial charge is 0.251 e. The van der Waals surface area contributed by atoms with Gasteiger partial charge in [0.25, 0.3) is 5.91 Å². The SMILES string of the molecule is O=C(NCC(c1cccnc1)S(=O)(=O)c1ccccc1)c1cc(O)cc(O)c1. The van der Waals surface area contributed by atoms with Crippen molar-refractivity contribution in [3.05, 3.63) is 84.2 Å². The highest BCUT2D eigenvalue weighted by Crippen LogP contribution is 2.28. The number of hydrogen-bond donors (Lipinski definition) is 3. The van der Waals surface area contributed by atoms with Gasteiger partial charge < -0.3 is 15.5 Å². The molecule has 0 radical (unpaired) electrons. The quantitative estimate of drug-likeness (QED) is 0.587. The number of hydrogen-bond acceptors (Lipinski definition) is 6. The van der Waals surface area contributed by atoms with E-state index in [1.54, 1.807) is 30.3 Å². The summed E-state index contributed by atoms with van der Waals surface area (Å²) in [6, 6.07) is 14.7. The molecule has 0 aliphatic carbocycles. The number of phenolic OH excluding ortho intramolecular Hbond substituents is 2. The lowest BCUT2D eigenvalue weighted by Crippen LogP contribution is -2.32. The summed E-state index contributed by atoms with van der Waals surface area (Å²) in [6.45, 7) is -0.210. The second-order valence-corrected chi connectivity index (χ2v) is 8.21. The Hall–Kier alpha value is -3.39. The van der Waals surface area contributed by atoms with E-state index in [0.717, 1.165) is 6.07 Å². The second-order valence-electron chi connectivity index (χ2n) is 6.08. The van der Waals surface area contributed by atoms with Gasteiger partial charge in [-0.3, -0.25) is 9.78 Å². The van der Waals surface area contributed by atoms with Crippen LogP contribution in [0.3, 0.4) is 0 Å². The molecule has 7 nitrogen and oxygen atoms in total. The molecule has 144 valence electrons. The third kappa shape index (κ3) is 4.29. The van der Waals surface area contributed by atoms with Crippen molar-refractivity contribution in [3.63, 3.8) is 0 Å². The predicted molar refractivity (Wildman–Crippen MR) is 103 cm³/mol. The number of nitrogens with zero attached hydrogens (tertiary/aromatic N) is 1. The number of benzene rings is 2.